The van der Waals surface area contributed by atoms with Crippen LogP contribution in [-0.2, 0) is 17.7 Å². The van der Waals surface area contributed by atoms with Gasteiger partial charge >= 0.3 is 5.97 Å². The third-order valence-corrected chi connectivity index (χ3v) is 6.42. The molecule has 160 valence electrons. The average Bonchev–Trinajstić information content (AvgIpc) is 3.05. The summed E-state index contributed by atoms with van der Waals surface area (Å²) in [5.74, 6) is 0.478. The van der Waals surface area contributed by atoms with Crippen LogP contribution in [0.3, 0.4) is 0 Å². The predicted octanol–water partition coefficient (Wildman–Crippen LogP) is 4.52. The van der Waals surface area contributed by atoms with Crippen molar-refractivity contribution in [2.24, 2.45) is 5.92 Å². The number of aryl methyl sites for hydroxylation is 2. The van der Waals surface area contributed by atoms with Crippen LogP contribution in [0.15, 0.2) is 29.1 Å². The normalized spacial score (nSPS) is 12.5. The zero-order chi connectivity index (χ0) is 21.8. The summed E-state index contributed by atoms with van der Waals surface area (Å²) in [7, 11) is 1.33. The van der Waals surface area contributed by atoms with E-state index in [4.69, 9.17) is 4.74 Å². The number of aromatic amines is 1. The summed E-state index contributed by atoms with van der Waals surface area (Å²) in [6, 6.07) is 8.85. The van der Waals surface area contributed by atoms with Gasteiger partial charge in [0.25, 0.3) is 5.56 Å². The Morgan fingerprint density at radius 3 is 2.57 bits per heavy atom. The Balaban J connectivity index is 1.83. The van der Waals surface area contributed by atoms with Crippen LogP contribution in [0.4, 0.5) is 0 Å². The number of carbonyl (C=O) groups excluding carboxylic acids is 1. The number of benzene rings is 1. The van der Waals surface area contributed by atoms with Crippen molar-refractivity contribution < 1.29 is 9.53 Å². The maximum absolute atomic E-state index is 12.6. The molecule has 0 fully saturated rings. The summed E-state index contributed by atoms with van der Waals surface area (Å²) >= 11 is 1.19. The van der Waals surface area contributed by atoms with Crippen molar-refractivity contribution in [3.05, 3.63) is 62.0 Å². The zero-order valence-corrected chi connectivity index (χ0v) is 19.0. The van der Waals surface area contributed by atoms with E-state index in [0.717, 1.165) is 12.8 Å². The fourth-order valence-electron chi connectivity index (χ4n) is 3.68. The first-order chi connectivity index (χ1) is 14.3. The summed E-state index contributed by atoms with van der Waals surface area (Å²) in [4.78, 5) is 33.0. The van der Waals surface area contributed by atoms with Gasteiger partial charge in [0.05, 0.1) is 19.0 Å². The summed E-state index contributed by atoms with van der Waals surface area (Å²) < 4.78 is 4.81. The number of methoxy groups -OCH3 is 1. The van der Waals surface area contributed by atoms with Crippen LogP contribution in [0.5, 0.6) is 0 Å². The molecular formula is C23H29N3O3S. The number of H-pyrrole nitrogens is 1. The number of thiophene rings is 1. The van der Waals surface area contributed by atoms with E-state index in [9.17, 15) is 9.59 Å². The molecule has 0 spiro atoms. The van der Waals surface area contributed by atoms with Crippen LogP contribution >= 0.6 is 11.3 Å². The lowest BCUT2D eigenvalue weighted by Crippen LogP contribution is -2.27. The number of fused-ring (bicyclic) bond motifs is 1. The SMILES string of the molecule is CCCc1ccc([C@H](NCc2nc3sc(C(=O)OC)c(C)c3c(=O)[nH]2)C(C)C)cc1. The lowest BCUT2D eigenvalue weighted by Gasteiger charge is -2.23. The van der Waals surface area contributed by atoms with Gasteiger partial charge in [0, 0.05) is 6.04 Å². The second-order valence-electron chi connectivity index (χ2n) is 7.83. The number of esters is 1. The van der Waals surface area contributed by atoms with Crippen molar-refractivity contribution in [2.75, 3.05) is 7.11 Å². The second-order valence-corrected chi connectivity index (χ2v) is 8.83. The number of hydrogen-bond donors (Lipinski definition) is 2. The molecule has 0 amide bonds. The molecule has 0 unspecified atom stereocenters. The highest BCUT2D eigenvalue weighted by atomic mass is 32.1. The van der Waals surface area contributed by atoms with Crippen LogP contribution in [-0.4, -0.2) is 23.0 Å². The molecule has 2 aromatic heterocycles. The Morgan fingerprint density at radius 2 is 1.97 bits per heavy atom. The fourth-order valence-corrected chi connectivity index (χ4v) is 4.80. The number of carbonyl (C=O) groups is 1. The molecule has 1 aromatic carbocycles. The van der Waals surface area contributed by atoms with Crippen molar-refractivity contribution in [3.63, 3.8) is 0 Å². The largest absolute Gasteiger partial charge is 0.465 e. The molecule has 0 bridgehead atoms. The third kappa shape index (κ3) is 4.63. The molecule has 3 aromatic rings. The standard InChI is InChI=1S/C23H29N3O3S/c1-6-7-15-8-10-16(11-9-15)19(13(2)3)24-12-17-25-21(27)18-14(4)20(23(28)29-5)30-22(18)26-17/h8-11,13,19,24H,6-7,12H2,1-5H3,(H,25,26,27)/t19-/m1/s1. The van der Waals surface area contributed by atoms with Crippen molar-refractivity contribution in [1.82, 2.24) is 15.3 Å². The molecule has 0 saturated carbocycles. The fraction of sp³-hybridized carbons (Fsp3) is 0.435. The van der Waals surface area contributed by atoms with E-state index in [1.54, 1.807) is 6.92 Å². The van der Waals surface area contributed by atoms with E-state index >= 15 is 0 Å². The van der Waals surface area contributed by atoms with Crippen LogP contribution < -0.4 is 10.9 Å². The van der Waals surface area contributed by atoms with E-state index in [-0.39, 0.29) is 11.6 Å². The molecule has 3 rings (SSSR count). The maximum atomic E-state index is 12.6. The number of nitrogens with one attached hydrogen (secondary N) is 2. The Hall–Kier alpha value is -2.51. The monoisotopic (exact) mass is 427 g/mol. The van der Waals surface area contributed by atoms with Crippen molar-refractivity contribution in [1.29, 1.82) is 0 Å². The molecule has 2 heterocycles. The molecule has 7 heteroatoms. The molecule has 0 aliphatic rings. The number of nitrogens with zero attached hydrogens (tertiary/aromatic N) is 1. The Morgan fingerprint density at radius 1 is 1.27 bits per heavy atom. The Kier molecular flexibility index (Phi) is 7.05. The second kappa shape index (κ2) is 9.53. The highest BCUT2D eigenvalue weighted by Crippen LogP contribution is 2.28. The van der Waals surface area contributed by atoms with Gasteiger partial charge in [-0.05, 0) is 36.0 Å². The third-order valence-electron chi connectivity index (χ3n) is 5.25. The minimum Gasteiger partial charge on any atom is -0.465 e. The Labute approximate surface area is 180 Å². The summed E-state index contributed by atoms with van der Waals surface area (Å²) in [5, 5.41) is 3.99. The lowest BCUT2D eigenvalue weighted by molar-refractivity contribution is 0.0605. The first-order valence-corrected chi connectivity index (χ1v) is 11.1. The molecule has 0 radical (unpaired) electrons. The maximum Gasteiger partial charge on any atom is 0.348 e. The molecule has 0 aliphatic heterocycles. The van der Waals surface area contributed by atoms with Gasteiger partial charge in [0.2, 0.25) is 0 Å². The van der Waals surface area contributed by atoms with E-state index in [1.807, 2.05) is 0 Å². The summed E-state index contributed by atoms with van der Waals surface area (Å²) in [6.45, 7) is 8.69. The van der Waals surface area contributed by atoms with Gasteiger partial charge < -0.3 is 15.0 Å². The predicted molar refractivity (Wildman–Crippen MR) is 121 cm³/mol. The number of hydrogen-bond acceptors (Lipinski definition) is 6. The van der Waals surface area contributed by atoms with Gasteiger partial charge in [-0.1, -0.05) is 51.5 Å². The summed E-state index contributed by atoms with van der Waals surface area (Å²) in [6.07, 6.45) is 2.21. The minimum atomic E-state index is -0.444. The smallest absolute Gasteiger partial charge is 0.348 e. The molecule has 0 saturated heterocycles. The number of ether oxygens (including phenoxy) is 1. The van der Waals surface area contributed by atoms with Crippen molar-refractivity contribution in [3.8, 4) is 0 Å². The van der Waals surface area contributed by atoms with Gasteiger partial charge in [0.1, 0.15) is 15.5 Å². The van der Waals surface area contributed by atoms with E-state index < -0.39 is 5.97 Å². The van der Waals surface area contributed by atoms with Crippen molar-refractivity contribution in [2.45, 2.75) is 53.1 Å². The molecule has 2 N–H and O–H groups in total. The van der Waals surface area contributed by atoms with Crippen molar-refractivity contribution >= 4 is 27.5 Å². The average molecular weight is 428 g/mol. The van der Waals surface area contributed by atoms with Crippen LogP contribution in [0, 0.1) is 12.8 Å². The minimum absolute atomic E-state index is 0.136. The van der Waals surface area contributed by atoms with Crippen LogP contribution in [0.2, 0.25) is 0 Å². The topological polar surface area (TPSA) is 84.1 Å². The molecule has 0 aliphatic carbocycles. The molecule has 6 nitrogen and oxygen atoms in total. The van der Waals surface area contributed by atoms with Gasteiger partial charge in [-0.2, -0.15) is 0 Å². The molecular weight excluding hydrogens is 398 g/mol. The van der Waals surface area contributed by atoms with E-state index in [1.165, 1.54) is 29.6 Å². The van der Waals surface area contributed by atoms with Gasteiger partial charge in [-0.15, -0.1) is 11.3 Å². The van der Waals surface area contributed by atoms with Crippen LogP contribution in [0.1, 0.15) is 65.4 Å². The van der Waals surface area contributed by atoms with Crippen LogP contribution in [0.25, 0.3) is 10.2 Å². The molecule has 30 heavy (non-hydrogen) atoms. The van der Waals surface area contributed by atoms with Gasteiger partial charge in [0.15, 0.2) is 0 Å². The summed E-state index contributed by atoms with van der Waals surface area (Å²) in [5.41, 5.74) is 2.94. The highest BCUT2D eigenvalue weighted by Gasteiger charge is 2.20. The zero-order valence-electron chi connectivity index (χ0n) is 18.2. The van der Waals surface area contributed by atoms with E-state index in [2.05, 4.69) is 60.3 Å². The quantitative estimate of drug-likeness (QED) is 0.517. The van der Waals surface area contributed by atoms with Gasteiger partial charge in [-0.3, -0.25) is 4.79 Å². The van der Waals surface area contributed by atoms with Gasteiger partial charge in [-0.25, -0.2) is 9.78 Å². The first-order valence-electron chi connectivity index (χ1n) is 10.3. The number of rotatable bonds is 8. The molecule has 1 atom stereocenters. The Bertz CT molecular complexity index is 1080. The highest BCUT2D eigenvalue weighted by molar-refractivity contribution is 7.20. The first kappa shape index (κ1) is 22.2. The number of aromatic nitrogens is 2. The van der Waals surface area contributed by atoms with E-state index in [0.29, 0.717) is 38.9 Å². The lowest BCUT2D eigenvalue weighted by atomic mass is 9.94.